The Labute approximate surface area is 345 Å². The van der Waals surface area contributed by atoms with Crippen molar-refractivity contribution in [2.75, 3.05) is 85.0 Å². The van der Waals surface area contributed by atoms with Crippen LogP contribution in [0.25, 0.3) is 22.3 Å². The monoisotopic (exact) mass is 843 g/mol. The molecule has 3 aliphatic heterocycles. The summed E-state index contributed by atoms with van der Waals surface area (Å²) in [4.78, 5) is 56.6. The summed E-state index contributed by atoms with van der Waals surface area (Å²) in [6, 6.07) is 11.4. The molecule has 0 saturated carbocycles. The van der Waals surface area contributed by atoms with E-state index in [9.17, 15) is 19.2 Å². The van der Waals surface area contributed by atoms with E-state index in [2.05, 4.69) is 5.32 Å². The van der Waals surface area contributed by atoms with E-state index < -0.39 is 17.7 Å². The van der Waals surface area contributed by atoms with Gasteiger partial charge in [-0.1, -0.05) is 53.1 Å². The normalized spacial score (nSPS) is 18.1. The molecule has 3 aromatic rings. The molecule has 1 N–H and O–H groups in total. The largest absolute Gasteiger partial charge is 0.509 e. The van der Waals surface area contributed by atoms with Gasteiger partial charge in [0.15, 0.2) is 0 Å². The first-order chi connectivity index (χ1) is 28.4. The molecule has 3 aliphatic rings. The lowest BCUT2D eigenvalue weighted by Crippen LogP contribution is -2.47. The molecule has 0 aliphatic carbocycles. The quantitative estimate of drug-likeness (QED) is 0.0527. The summed E-state index contributed by atoms with van der Waals surface area (Å²) in [7, 11) is 3.94. The van der Waals surface area contributed by atoms with Crippen LogP contribution in [0, 0.1) is 0 Å². The van der Waals surface area contributed by atoms with Crippen molar-refractivity contribution in [1.82, 2.24) is 14.9 Å². The minimum absolute atomic E-state index is 0.0246. The Morgan fingerprint density at radius 2 is 1.60 bits per heavy atom. The number of aromatic nitrogens is 2. The fourth-order valence-electron chi connectivity index (χ4n) is 6.99. The summed E-state index contributed by atoms with van der Waals surface area (Å²) in [5.74, 6) is 0.560. The Morgan fingerprint density at radius 3 is 2.29 bits per heavy atom. The van der Waals surface area contributed by atoms with E-state index in [1.54, 1.807) is 17.6 Å². The summed E-state index contributed by atoms with van der Waals surface area (Å²) < 4.78 is 45.4. The molecule has 15 nitrogen and oxygen atoms in total. The molecule has 2 unspecified atom stereocenters. The SMILES string of the molecule is CCC1(OC(=O)OCCOCCOCCOCCOCCOCCNC(=O)CCCCC2CCSS2)C(=O)OCc2c1cc1n(c2=O)Cc2cc3ccccc3nc2-1. The van der Waals surface area contributed by atoms with Gasteiger partial charge in [-0.25, -0.2) is 14.6 Å². The van der Waals surface area contributed by atoms with Crippen molar-refractivity contribution >= 4 is 50.5 Å². The topological polar surface area (TPSA) is 172 Å². The van der Waals surface area contributed by atoms with Crippen LogP contribution in [0.5, 0.6) is 0 Å². The van der Waals surface area contributed by atoms with E-state index in [-0.39, 0.29) is 55.4 Å². The Kier molecular flexibility index (Phi) is 17.1. The second-order valence-corrected chi connectivity index (χ2v) is 16.7. The number of rotatable bonds is 25. The number of amides is 1. The van der Waals surface area contributed by atoms with Crippen molar-refractivity contribution in [3.05, 3.63) is 63.4 Å². The molecular formula is C41H53N3O12S2. The predicted octanol–water partition coefficient (Wildman–Crippen LogP) is 5.15. The van der Waals surface area contributed by atoms with Crippen LogP contribution in [0.4, 0.5) is 4.79 Å². The highest BCUT2D eigenvalue weighted by Crippen LogP contribution is 2.41. The number of nitrogens with one attached hydrogen (secondary N) is 1. The lowest BCUT2D eigenvalue weighted by atomic mass is 9.85. The summed E-state index contributed by atoms with van der Waals surface area (Å²) >= 11 is 0. The minimum Gasteiger partial charge on any atom is -0.457 e. The average molecular weight is 844 g/mol. The van der Waals surface area contributed by atoms with E-state index in [1.165, 1.54) is 18.6 Å². The number of pyridine rings is 2. The van der Waals surface area contributed by atoms with Crippen molar-refractivity contribution in [3.63, 3.8) is 0 Å². The molecule has 1 fully saturated rings. The fraction of sp³-hybridized carbons (Fsp3) is 0.585. The van der Waals surface area contributed by atoms with Crippen molar-refractivity contribution in [2.24, 2.45) is 0 Å². The van der Waals surface area contributed by atoms with Crippen LogP contribution >= 0.6 is 21.6 Å². The van der Waals surface area contributed by atoms with E-state index >= 15 is 0 Å². The van der Waals surface area contributed by atoms with Gasteiger partial charge in [0.2, 0.25) is 11.5 Å². The molecular weight excluding hydrogens is 791 g/mol. The number of unbranched alkanes of at least 4 members (excludes halogenated alkanes) is 1. The highest BCUT2D eigenvalue weighted by molar-refractivity contribution is 8.77. The lowest BCUT2D eigenvalue weighted by Gasteiger charge is -2.35. The van der Waals surface area contributed by atoms with Crippen LogP contribution in [0.15, 0.2) is 41.2 Å². The first-order valence-corrected chi connectivity index (χ1v) is 22.4. The van der Waals surface area contributed by atoms with Gasteiger partial charge in [-0.2, -0.15) is 0 Å². The van der Waals surface area contributed by atoms with Crippen LogP contribution in [0.1, 0.15) is 62.1 Å². The Bertz CT molecular complexity index is 1910. The Hall–Kier alpha value is -3.71. The molecule has 2 atom stereocenters. The highest BCUT2D eigenvalue weighted by Gasteiger charge is 2.51. The van der Waals surface area contributed by atoms with Crippen LogP contribution in [-0.4, -0.2) is 118 Å². The highest BCUT2D eigenvalue weighted by atomic mass is 33.1. The number of cyclic esters (lactones) is 1. The Balaban J connectivity index is 0.780. The van der Waals surface area contributed by atoms with Gasteiger partial charge in [-0.15, -0.1) is 0 Å². The number of esters is 1. The summed E-state index contributed by atoms with van der Waals surface area (Å²) in [5, 5.41) is 4.62. The van der Waals surface area contributed by atoms with Crippen molar-refractivity contribution < 1.29 is 52.3 Å². The number of benzene rings is 1. The lowest BCUT2D eigenvalue weighted by molar-refractivity contribution is -0.175. The van der Waals surface area contributed by atoms with Crippen LogP contribution in [0.2, 0.25) is 0 Å². The number of nitrogens with zero attached hydrogens (tertiary/aromatic N) is 2. The van der Waals surface area contributed by atoms with Gasteiger partial charge in [0.1, 0.15) is 13.2 Å². The number of fused-ring (bicyclic) bond motifs is 5. The molecule has 2 aromatic heterocycles. The maximum Gasteiger partial charge on any atom is 0.509 e. The van der Waals surface area contributed by atoms with Crippen LogP contribution < -0.4 is 10.9 Å². The third-order valence-corrected chi connectivity index (χ3v) is 13.1. The van der Waals surface area contributed by atoms with E-state index in [0.29, 0.717) is 83.8 Å². The molecule has 0 radical (unpaired) electrons. The molecule has 0 bridgehead atoms. The molecule has 58 heavy (non-hydrogen) atoms. The standard InChI is InChI=1S/C41H53N3O12S2/c1-2-41(33-26-35-37-30(25-29-7-3-5-9-34(29)43-37)27-44(35)38(46)32(33)28-55-39(41)47)56-40(48)54-23-22-53-21-20-52-19-18-51-17-16-50-15-14-49-13-12-42-36(45)10-6-4-8-31-11-24-57-58-31/h3,5,7,9,25-26,31H,2,4,6,8,10-24,27-28H2,1H3,(H,42,45). The van der Waals surface area contributed by atoms with Gasteiger partial charge < -0.3 is 47.8 Å². The van der Waals surface area contributed by atoms with Crippen molar-refractivity contribution in [3.8, 4) is 11.4 Å². The summed E-state index contributed by atoms with van der Waals surface area (Å²) in [6.07, 6.45) is 4.05. The van der Waals surface area contributed by atoms with E-state index in [0.717, 1.165) is 34.6 Å². The van der Waals surface area contributed by atoms with Gasteiger partial charge in [0.25, 0.3) is 5.56 Å². The fourth-order valence-corrected chi connectivity index (χ4v) is 10.0. The maximum absolute atomic E-state index is 13.7. The van der Waals surface area contributed by atoms with Gasteiger partial charge in [0, 0.05) is 40.5 Å². The molecule has 0 spiro atoms. The molecule has 5 heterocycles. The minimum atomic E-state index is -1.86. The van der Waals surface area contributed by atoms with Crippen LogP contribution in [-0.2, 0) is 66.2 Å². The van der Waals surface area contributed by atoms with Gasteiger partial charge in [-0.05, 0) is 43.9 Å². The number of carbonyl (C=O) groups excluding carboxylic acids is 3. The third-order valence-electron chi connectivity index (χ3n) is 10.1. The summed E-state index contributed by atoms with van der Waals surface area (Å²) in [5.41, 5.74) is 1.21. The smallest absolute Gasteiger partial charge is 0.457 e. The average Bonchev–Trinajstić information content (AvgIpc) is 3.89. The molecule has 17 heteroatoms. The zero-order valence-corrected chi connectivity index (χ0v) is 34.6. The number of carbonyl (C=O) groups is 3. The Morgan fingerprint density at radius 1 is 0.914 bits per heavy atom. The number of hydrogen-bond donors (Lipinski definition) is 1. The van der Waals surface area contributed by atoms with Gasteiger partial charge in [-0.3, -0.25) is 9.59 Å². The van der Waals surface area contributed by atoms with Crippen LogP contribution in [0.3, 0.4) is 0 Å². The van der Waals surface area contributed by atoms with E-state index in [1.807, 2.05) is 51.9 Å². The number of hydrogen-bond acceptors (Lipinski definition) is 15. The molecule has 1 amide bonds. The molecule has 6 rings (SSSR count). The second kappa shape index (κ2) is 22.6. The van der Waals surface area contributed by atoms with E-state index in [4.69, 9.17) is 42.9 Å². The van der Waals surface area contributed by atoms with Gasteiger partial charge >= 0.3 is 12.1 Å². The third kappa shape index (κ3) is 11.7. The van der Waals surface area contributed by atoms with Gasteiger partial charge in [0.05, 0.1) is 95.1 Å². The molecule has 1 saturated heterocycles. The molecule has 316 valence electrons. The first kappa shape index (κ1) is 43.9. The maximum atomic E-state index is 13.7. The number of ether oxygens (including phenoxy) is 8. The molecule has 1 aromatic carbocycles. The first-order valence-electron chi connectivity index (χ1n) is 20.0. The predicted molar refractivity (Wildman–Crippen MR) is 219 cm³/mol. The summed E-state index contributed by atoms with van der Waals surface area (Å²) in [6.45, 7) is 5.79. The van der Waals surface area contributed by atoms with Crippen molar-refractivity contribution in [1.29, 1.82) is 0 Å². The van der Waals surface area contributed by atoms with Crippen molar-refractivity contribution in [2.45, 2.75) is 69.5 Å². The number of para-hydroxylation sites is 1. The zero-order valence-electron chi connectivity index (χ0n) is 33.0. The zero-order chi connectivity index (χ0) is 40.6. The second-order valence-electron chi connectivity index (χ2n) is 13.9.